The molecule has 0 amide bonds. The quantitative estimate of drug-likeness (QED) is 0.177. The number of imidazole rings is 2. The zero-order chi connectivity index (χ0) is 31.0. The van der Waals surface area contributed by atoms with Crippen molar-refractivity contribution in [2.75, 3.05) is 0 Å². The van der Waals surface area contributed by atoms with Crippen molar-refractivity contribution in [3.8, 4) is 11.6 Å². The van der Waals surface area contributed by atoms with Gasteiger partial charge in [0.2, 0.25) is 0 Å². The normalized spacial score (nSPS) is 11.6. The SMILES string of the molecule is CCC(CC(C)n1ccnc1)n1ccnc1.Cc1ccnc(-n2ccc(C)n2)c1.Cc1ccnc(-n2cccn2)c1.[Cl][Os]. The minimum atomic E-state index is 0.467. The summed E-state index contributed by atoms with van der Waals surface area (Å²) in [6.07, 6.45) is 22.8. The average Bonchev–Trinajstić information content (AvgIpc) is 3.86. The van der Waals surface area contributed by atoms with Crippen molar-refractivity contribution in [1.82, 2.24) is 48.6 Å². The van der Waals surface area contributed by atoms with Crippen molar-refractivity contribution < 1.29 is 17.6 Å². The molecule has 0 spiro atoms. The second-order valence-corrected chi connectivity index (χ2v) is 9.90. The predicted octanol–water partition coefficient (Wildman–Crippen LogP) is 6.83. The molecule has 0 bridgehead atoms. The van der Waals surface area contributed by atoms with Crippen molar-refractivity contribution >= 4 is 9.64 Å². The second kappa shape index (κ2) is 17.9. The summed E-state index contributed by atoms with van der Waals surface area (Å²) in [5.74, 6) is 1.73. The van der Waals surface area contributed by atoms with E-state index in [1.54, 1.807) is 28.0 Å². The molecule has 0 aliphatic rings. The molecule has 0 aromatic carbocycles. The van der Waals surface area contributed by atoms with E-state index in [-0.39, 0.29) is 0 Å². The van der Waals surface area contributed by atoms with Crippen molar-refractivity contribution in [1.29, 1.82) is 0 Å². The average molecular weight is 776 g/mol. The van der Waals surface area contributed by atoms with Crippen LogP contribution in [-0.2, 0) is 17.6 Å². The van der Waals surface area contributed by atoms with E-state index in [1.807, 2.05) is 107 Å². The Bertz CT molecular complexity index is 1560. The van der Waals surface area contributed by atoms with Crippen molar-refractivity contribution in [2.24, 2.45) is 0 Å². The molecule has 0 aliphatic heterocycles. The van der Waals surface area contributed by atoms with Gasteiger partial charge in [0.05, 0.1) is 18.3 Å². The summed E-state index contributed by atoms with van der Waals surface area (Å²) in [5.41, 5.74) is 3.39. The molecule has 6 aromatic heterocycles. The van der Waals surface area contributed by atoms with Gasteiger partial charge in [0.25, 0.3) is 0 Å². The fourth-order valence-corrected chi connectivity index (χ4v) is 4.27. The van der Waals surface area contributed by atoms with Crippen LogP contribution < -0.4 is 0 Å². The molecule has 227 valence electrons. The van der Waals surface area contributed by atoms with Gasteiger partial charge in [0, 0.05) is 67.9 Å². The molecular formula is C31H38ClN10Os. The molecule has 6 aromatic rings. The Hall–Kier alpha value is -3.93. The van der Waals surface area contributed by atoms with Crippen LogP contribution in [0.1, 0.15) is 55.6 Å². The summed E-state index contributed by atoms with van der Waals surface area (Å²) in [6, 6.07) is 12.8. The molecular weight excluding hydrogens is 738 g/mol. The van der Waals surface area contributed by atoms with Crippen LogP contribution in [-0.4, -0.2) is 48.6 Å². The van der Waals surface area contributed by atoms with Gasteiger partial charge in [-0.2, -0.15) is 10.2 Å². The number of aryl methyl sites for hydroxylation is 3. The van der Waals surface area contributed by atoms with Crippen LogP contribution in [0.4, 0.5) is 0 Å². The van der Waals surface area contributed by atoms with E-state index in [0.29, 0.717) is 12.1 Å². The fraction of sp³-hybridized carbons (Fsp3) is 0.290. The number of rotatable bonds is 7. The van der Waals surface area contributed by atoms with E-state index in [2.05, 4.69) is 62.8 Å². The van der Waals surface area contributed by atoms with Gasteiger partial charge in [0.1, 0.15) is 0 Å². The van der Waals surface area contributed by atoms with Gasteiger partial charge in [-0.1, -0.05) is 6.92 Å². The number of hydrogen-bond acceptors (Lipinski definition) is 6. The summed E-state index contributed by atoms with van der Waals surface area (Å²) in [7, 11) is 4.67. The van der Waals surface area contributed by atoms with E-state index in [4.69, 9.17) is 0 Å². The molecule has 0 radical (unpaired) electrons. The second-order valence-electron chi connectivity index (χ2n) is 9.90. The molecule has 43 heavy (non-hydrogen) atoms. The third-order valence-corrected chi connectivity index (χ3v) is 6.56. The van der Waals surface area contributed by atoms with E-state index < -0.39 is 0 Å². The Balaban J connectivity index is 0.000000173. The molecule has 0 aliphatic carbocycles. The Morgan fingerprint density at radius 2 is 1.35 bits per heavy atom. The number of hydrogen-bond donors (Lipinski definition) is 0. The van der Waals surface area contributed by atoms with Crippen LogP contribution in [0.2, 0.25) is 0 Å². The predicted molar refractivity (Wildman–Crippen MR) is 166 cm³/mol. The van der Waals surface area contributed by atoms with Crippen molar-refractivity contribution in [3.05, 3.63) is 122 Å². The van der Waals surface area contributed by atoms with Gasteiger partial charge in [-0.25, -0.2) is 29.3 Å². The molecule has 0 saturated heterocycles. The molecule has 2 atom stereocenters. The van der Waals surface area contributed by atoms with Crippen LogP contribution in [0.15, 0.2) is 105 Å². The Morgan fingerprint density at radius 3 is 1.81 bits per heavy atom. The third-order valence-electron chi connectivity index (χ3n) is 6.56. The zero-order valence-electron chi connectivity index (χ0n) is 25.1. The van der Waals surface area contributed by atoms with E-state index >= 15 is 0 Å². The van der Waals surface area contributed by atoms with Gasteiger partial charge in [-0.15, -0.1) is 0 Å². The number of aromatic nitrogens is 10. The van der Waals surface area contributed by atoms with Gasteiger partial charge in [-0.05, 0) is 88.1 Å². The summed E-state index contributed by atoms with van der Waals surface area (Å²) in [5, 5.41) is 8.36. The Kier molecular flexibility index (Phi) is 14.0. The molecule has 6 rings (SSSR count). The first-order chi connectivity index (χ1) is 20.9. The number of halogens is 1. The fourth-order valence-electron chi connectivity index (χ4n) is 4.27. The summed E-state index contributed by atoms with van der Waals surface area (Å²) in [4.78, 5) is 16.6. The molecule has 0 saturated carbocycles. The topological polar surface area (TPSA) is 97.1 Å². The minimum absolute atomic E-state index is 0.467. The first kappa shape index (κ1) is 33.6. The molecule has 2 unspecified atom stereocenters. The first-order valence-electron chi connectivity index (χ1n) is 13.9. The van der Waals surface area contributed by atoms with Crippen LogP contribution in [0.3, 0.4) is 0 Å². The first-order valence-corrected chi connectivity index (χ1v) is 17.0. The molecule has 0 fully saturated rings. The van der Waals surface area contributed by atoms with Gasteiger partial charge in [-0.3, -0.25) is 0 Å². The van der Waals surface area contributed by atoms with Gasteiger partial charge < -0.3 is 9.13 Å². The molecule has 0 N–H and O–H groups in total. The molecule has 12 heteroatoms. The summed E-state index contributed by atoms with van der Waals surface area (Å²) >= 11 is 1.33. The van der Waals surface area contributed by atoms with Gasteiger partial charge in [0.15, 0.2) is 11.6 Å². The third kappa shape index (κ3) is 10.7. The number of nitrogens with zero attached hydrogens (tertiary/aromatic N) is 10. The van der Waals surface area contributed by atoms with Crippen LogP contribution in [0, 0.1) is 20.8 Å². The van der Waals surface area contributed by atoms with E-state index in [9.17, 15) is 0 Å². The van der Waals surface area contributed by atoms with Crippen LogP contribution in [0.5, 0.6) is 0 Å². The summed E-state index contributed by atoms with van der Waals surface area (Å²) < 4.78 is 7.86. The van der Waals surface area contributed by atoms with Gasteiger partial charge >= 0.3 is 27.2 Å². The zero-order valence-corrected chi connectivity index (χ0v) is 28.4. The monoisotopic (exact) mass is 777 g/mol. The van der Waals surface area contributed by atoms with Crippen molar-refractivity contribution in [2.45, 2.75) is 59.5 Å². The molecule has 6 heterocycles. The summed E-state index contributed by atoms with van der Waals surface area (Å²) in [6.45, 7) is 10.5. The molecule has 10 nitrogen and oxygen atoms in total. The maximum absolute atomic E-state index is 4.67. The van der Waals surface area contributed by atoms with E-state index in [0.717, 1.165) is 30.2 Å². The Morgan fingerprint density at radius 1 is 0.744 bits per heavy atom. The van der Waals surface area contributed by atoms with Crippen LogP contribution in [0.25, 0.3) is 11.6 Å². The van der Waals surface area contributed by atoms with Crippen LogP contribution >= 0.6 is 9.64 Å². The maximum atomic E-state index is 4.67. The number of pyridine rings is 2. The van der Waals surface area contributed by atoms with E-state index in [1.165, 1.54) is 28.7 Å². The standard InChI is InChI=1S/C12H18N4.C10H11N3.C9H9N3.ClH.Os/c1-3-12(16-7-5-14-10-16)8-11(2)15-6-4-13-9-15;1-8-3-5-11-10(7-8)13-6-4-9(2)12-13;1-8-3-5-10-9(7-8)12-6-2-4-11-12;;/h4-7,9-12H,3,8H2,1-2H3;3-7H,1-2H3;2-7H,1H3;1H;/q;;;;+1/p-1. The van der Waals surface area contributed by atoms with Crippen molar-refractivity contribution in [3.63, 3.8) is 0 Å². The Labute approximate surface area is 267 Å².